The quantitative estimate of drug-likeness (QED) is 0.605. The maximum Gasteiger partial charge on any atom is 0.255 e. The molecular formula is C24H27FN4O3S. The summed E-state index contributed by atoms with van der Waals surface area (Å²) in [5.74, 6) is -1.43. The van der Waals surface area contributed by atoms with Crippen LogP contribution in [0.1, 0.15) is 43.5 Å². The Morgan fingerprint density at radius 2 is 1.97 bits per heavy atom. The molecule has 0 aromatic heterocycles. The first-order valence-electron chi connectivity index (χ1n) is 11.1. The van der Waals surface area contributed by atoms with Gasteiger partial charge in [0.2, 0.25) is 11.8 Å². The molecule has 33 heavy (non-hydrogen) atoms. The van der Waals surface area contributed by atoms with Crippen LogP contribution in [0.5, 0.6) is 0 Å². The van der Waals surface area contributed by atoms with E-state index in [1.807, 2.05) is 6.92 Å². The van der Waals surface area contributed by atoms with E-state index in [1.54, 1.807) is 18.2 Å². The molecule has 0 saturated carbocycles. The van der Waals surface area contributed by atoms with Gasteiger partial charge in [-0.25, -0.2) is 4.39 Å². The Hall–Kier alpha value is -2.91. The fourth-order valence-corrected chi connectivity index (χ4v) is 4.95. The topological polar surface area (TPSA) is 90.5 Å². The van der Waals surface area contributed by atoms with Crippen molar-refractivity contribution in [3.05, 3.63) is 47.8 Å². The van der Waals surface area contributed by atoms with Gasteiger partial charge in [-0.05, 0) is 69.6 Å². The van der Waals surface area contributed by atoms with Crippen LogP contribution in [0.4, 0.5) is 21.5 Å². The minimum atomic E-state index is -0.610. The third kappa shape index (κ3) is 5.54. The summed E-state index contributed by atoms with van der Waals surface area (Å²) in [6.45, 7) is 5.09. The average Bonchev–Trinajstić information content (AvgIpc) is 2.78. The number of anilines is 3. The van der Waals surface area contributed by atoms with Crippen molar-refractivity contribution in [1.82, 2.24) is 4.90 Å². The molecule has 2 aliphatic heterocycles. The van der Waals surface area contributed by atoms with Crippen LogP contribution >= 0.6 is 11.8 Å². The SMILES string of the molecule is CC1Sc2ccc(C(=O)Nc3cc(NC(=O)CN4CCCCC4C)ccc3F)cc2NC1=O. The Morgan fingerprint density at radius 3 is 2.76 bits per heavy atom. The summed E-state index contributed by atoms with van der Waals surface area (Å²) >= 11 is 1.42. The summed E-state index contributed by atoms with van der Waals surface area (Å²) in [6.07, 6.45) is 3.33. The van der Waals surface area contributed by atoms with Crippen LogP contribution in [0.3, 0.4) is 0 Å². The maximum absolute atomic E-state index is 14.4. The number of carbonyl (C=O) groups excluding carboxylic acids is 3. The molecule has 2 aliphatic rings. The number of carbonyl (C=O) groups is 3. The summed E-state index contributed by atoms with van der Waals surface area (Å²) in [5.41, 5.74) is 1.22. The van der Waals surface area contributed by atoms with E-state index in [0.717, 1.165) is 24.3 Å². The fraction of sp³-hybridized carbons (Fsp3) is 0.375. The number of rotatable bonds is 5. The molecule has 0 bridgehead atoms. The monoisotopic (exact) mass is 470 g/mol. The molecule has 2 aromatic rings. The molecule has 2 atom stereocenters. The molecule has 174 valence electrons. The number of piperidine rings is 1. The Morgan fingerprint density at radius 1 is 1.15 bits per heavy atom. The van der Waals surface area contributed by atoms with Gasteiger partial charge in [-0.1, -0.05) is 6.42 Å². The van der Waals surface area contributed by atoms with E-state index < -0.39 is 11.7 Å². The predicted octanol–water partition coefficient (Wildman–Crippen LogP) is 4.32. The lowest BCUT2D eigenvalue weighted by Gasteiger charge is -2.32. The normalized spacial score (nSPS) is 20.5. The van der Waals surface area contributed by atoms with Gasteiger partial charge in [-0.2, -0.15) is 0 Å². The van der Waals surface area contributed by atoms with E-state index in [1.165, 1.54) is 36.4 Å². The average molecular weight is 471 g/mol. The van der Waals surface area contributed by atoms with Crippen molar-refractivity contribution < 1.29 is 18.8 Å². The van der Waals surface area contributed by atoms with Crippen molar-refractivity contribution in [2.75, 3.05) is 29.0 Å². The lowest BCUT2D eigenvalue weighted by Crippen LogP contribution is -2.42. The van der Waals surface area contributed by atoms with Gasteiger partial charge in [0.1, 0.15) is 5.82 Å². The van der Waals surface area contributed by atoms with Crippen molar-refractivity contribution in [3.8, 4) is 0 Å². The van der Waals surface area contributed by atoms with Gasteiger partial charge in [0, 0.05) is 22.2 Å². The predicted molar refractivity (Wildman–Crippen MR) is 128 cm³/mol. The lowest BCUT2D eigenvalue weighted by atomic mass is 10.0. The first-order chi connectivity index (χ1) is 15.8. The highest BCUT2D eigenvalue weighted by Crippen LogP contribution is 2.36. The molecule has 2 unspecified atom stereocenters. The van der Waals surface area contributed by atoms with Crippen LogP contribution in [-0.2, 0) is 9.59 Å². The zero-order chi connectivity index (χ0) is 23.5. The van der Waals surface area contributed by atoms with Crippen molar-refractivity contribution in [2.45, 2.75) is 49.3 Å². The Kier molecular flexibility index (Phi) is 6.99. The summed E-state index contributed by atoms with van der Waals surface area (Å²) in [6, 6.07) is 9.41. The van der Waals surface area contributed by atoms with E-state index >= 15 is 0 Å². The molecule has 7 nitrogen and oxygen atoms in total. The zero-order valence-corrected chi connectivity index (χ0v) is 19.4. The second-order valence-electron chi connectivity index (χ2n) is 8.47. The molecule has 4 rings (SSSR count). The number of amides is 3. The van der Waals surface area contributed by atoms with E-state index in [4.69, 9.17) is 0 Å². The van der Waals surface area contributed by atoms with E-state index in [0.29, 0.717) is 17.4 Å². The third-order valence-corrected chi connectivity index (χ3v) is 7.14. The van der Waals surface area contributed by atoms with Crippen LogP contribution in [0.25, 0.3) is 0 Å². The Balaban J connectivity index is 1.43. The number of likely N-dealkylation sites (tertiary alicyclic amines) is 1. The van der Waals surface area contributed by atoms with Crippen LogP contribution in [0.15, 0.2) is 41.3 Å². The fourth-order valence-electron chi connectivity index (χ4n) is 4.02. The number of benzene rings is 2. The molecule has 1 saturated heterocycles. The van der Waals surface area contributed by atoms with Crippen molar-refractivity contribution in [2.24, 2.45) is 0 Å². The van der Waals surface area contributed by atoms with Gasteiger partial charge in [0.05, 0.1) is 23.2 Å². The molecule has 3 amide bonds. The van der Waals surface area contributed by atoms with Crippen molar-refractivity contribution in [3.63, 3.8) is 0 Å². The molecule has 2 aromatic carbocycles. The minimum absolute atomic E-state index is 0.0334. The van der Waals surface area contributed by atoms with Gasteiger partial charge in [-0.3, -0.25) is 19.3 Å². The van der Waals surface area contributed by atoms with E-state index in [9.17, 15) is 18.8 Å². The van der Waals surface area contributed by atoms with Crippen LogP contribution in [0.2, 0.25) is 0 Å². The second kappa shape index (κ2) is 9.93. The second-order valence-corrected chi connectivity index (χ2v) is 9.86. The number of fused-ring (bicyclic) bond motifs is 1. The first kappa shape index (κ1) is 23.3. The van der Waals surface area contributed by atoms with E-state index in [-0.39, 0.29) is 34.9 Å². The number of nitrogens with one attached hydrogen (secondary N) is 3. The third-order valence-electron chi connectivity index (χ3n) is 5.96. The molecule has 0 spiro atoms. The summed E-state index contributed by atoms with van der Waals surface area (Å²) in [7, 11) is 0. The van der Waals surface area contributed by atoms with Crippen LogP contribution < -0.4 is 16.0 Å². The lowest BCUT2D eigenvalue weighted by molar-refractivity contribution is -0.118. The molecule has 9 heteroatoms. The van der Waals surface area contributed by atoms with Gasteiger partial charge >= 0.3 is 0 Å². The molecular weight excluding hydrogens is 443 g/mol. The molecule has 1 fully saturated rings. The Bertz CT molecular complexity index is 1090. The number of halogens is 1. The van der Waals surface area contributed by atoms with Crippen LogP contribution in [0, 0.1) is 5.82 Å². The highest BCUT2D eigenvalue weighted by atomic mass is 32.2. The van der Waals surface area contributed by atoms with E-state index in [2.05, 4.69) is 27.8 Å². The smallest absolute Gasteiger partial charge is 0.255 e. The van der Waals surface area contributed by atoms with Gasteiger partial charge in [0.25, 0.3) is 5.91 Å². The van der Waals surface area contributed by atoms with Crippen LogP contribution in [-0.4, -0.2) is 47.0 Å². The minimum Gasteiger partial charge on any atom is -0.325 e. The molecule has 3 N–H and O–H groups in total. The highest BCUT2D eigenvalue weighted by molar-refractivity contribution is 8.00. The summed E-state index contributed by atoms with van der Waals surface area (Å²) in [5, 5.41) is 7.93. The van der Waals surface area contributed by atoms with Gasteiger partial charge in [-0.15, -0.1) is 11.8 Å². The Labute approximate surface area is 196 Å². The maximum atomic E-state index is 14.4. The molecule has 0 aliphatic carbocycles. The van der Waals surface area contributed by atoms with Crippen molar-refractivity contribution in [1.29, 1.82) is 0 Å². The summed E-state index contributed by atoms with van der Waals surface area (Å²) in [4.78, 5) is 40.2. The highest BCUT2D eigenvalue weighted by Gasteiger charge is 2.24. The number of thioether (sulfide) groups is 1. The number of nitrogens with zero attached hydrogens (tertiary/aromatic N) is 1. The van der Waals surface area contributed by atoms with Gasteiger partial charge < -0.3 is 16.0 Å². The zero-order valence-electron chi connectivity index (χ0n) is 18.6. The van der Waals surface area contributed by atoms with Crippen molar-refractivity contribution >= 4 is 46.5 Å². The first-order valence-corrected chi connectivity index (χ1v) is 11.9. The summed E-state index contributed by atoms with van der Waals surface area (Å²) < 4.78 is 14.4. The number of hydrogen-bond donors (Lipinski definition) is 3. The number of hydrogen-bond acceptors (Lipinski definition) is 5. The molecule has 2 heterocycles. The standard InChI is InChI=1S/C24H27FN4O3S/c1-14-5-3-4-10-29(14)13-22(30)26-17-7-8-18(25)19(12-17)27-24(32)16-6-9-21-20(11-16)28-23(31)15(2)33-21/h6-9,11-12,14-15H,3-5,10,13H2,1-2H3,(H,26,30)(H,27,32)(H,28,31). The molecule has 0 radical (unpaired) electrons. The largest absolute Gasteiger partial charge is 0.325 e. The van der Waals surface area contributed by atoms with Gasteiger partial charge in [0.15, 0.2) is 0 Å².